The first kappa shape index (κ1) is 13.6. The Morgan fingerprint density at radius 2 is 1.83 bits per heavy atom. The summed E-state index contributed by atoms with van der Waals surface area (Å²) in [6, 6.07) is 4.71. The van der Waals surface area contributed by atoms with Crippen molar-refractivity contribution in [3.05, 3.63) is 33.7 Å². The van der Waals surface area contributed by atoms with Gasteiger partial charge in [-0.1, -0.05) is 26.8 Å². The number of hydrogen-bond donors (Lipinski definition) is 1. The molecule has 0 amide bonds. The molecule has 1 aromatic heterocycles. The summed E-state index contributed by atoms with van der Waals surface area (Å²) < 4.78 is 1.44. The van der Waals surface area contributed by atoms with Crippen LogP contribution in [0.2, 0.25) is 0 Å². The SMILES string of the molecule is CCNCc1sc2cc(C)c(C)cc2c1C(C)C. The van der Waals surface area contributed by atoms with Crippen LogP contribution in [-0.2, 0) is 6.54 Å². The van der Waals surface area contributed by atoms with Gasteiger partial charge >= 0.3 is 0 Å². The fourth-order valence-corrected chi connectivity index (χ4v) is 3.84. The van der Waals surface area contributed by atoms with Crippen molar-refractivity contribution in [1.82, 2.24) is 5.32 Å². The molecule has 0 spiro atoms. The first-order chi connectivity index (χ1) is 8.54. The van der Waals surface area contributed by atoms with Crippen molar-refractivity contribution in [3.63, 3.8) is 0 Å². The normalized spacial score (nSPS) is 11.7. The Morgan fingerprint density at radius 3 is 2.44 bits per heavy atom. The lowest BCUT2D eigenvalue weighted by atomic mass is 9.97. The molecule has 1 nitrogen and oxygen atoms in total. The van der Waals surface area contributed by atoms with Crippen LogP contribution < -0.4 is 5.32 Å². The highest BCUT2D eigenvalue weighted by atomic mass is 32.1. The fourth-order valence-electron chi connectivity index (χ4n) is 2.43. The summed E-state index contributed by atoms with van der Waals surface area (Å²) in [4.78, 5) is 1.51. The maximum atomic E-state index is 3.46. The molecule has 0 saturated carbocycles. The molecule has 0 unspecified atom stereocenters. The molecule has 2 heteroatoms. The number of rotatable bonds is 4. The van der Waals surface area contributed by atoms with Crippen molar-refractivity contribution in [2.45, 2.75) is 47.1 Å². The van der Waals surface area contributed by atoms with Crippen molar-refractivity contribution in [2.24, 2.45) is 0 Å². The summed E-state index contributed by atoms with van der Waals surface area (Å²) in [6.45, 7) is 13.2. The second-order valence-corrected chi connectivity index (χ2v) is 6.44. The van der Waals surface area contributed by atoms with E-state index in [2.05, 4.69) is 52.1 Å². The zero-order valence-electron chi connectivity index (χ0n) is 12.1. The standard InChI is InChI=1S/C16H23NS/c1-6-17-9-15-16(10(2)3)13-7-11(4)12(5)8-14(13)18-15/h7-8,10,17H,6,9H2,1-5H3. The molecule has 0 atom stereocenters. The van der Waals surface area contributed by atoms with Crippen LogP contribution in [0.25, 0.3) is 10.1 Å². The average molecular weight is 261 g/mol. The third-order valence-electron chi connectivity index (χ3n) is 3.53. The summed E-state index contributed by atoms with van der Waals surface area (Å²) in [5.41, 5.74) is 4.34. The van der Waals surface area contributed by atoms with Gasteiger partial charge in [-0.25, -0.2) is 0 Å². The molecule has 1 N–H and O–H groups in total. The van der Waals surface area contributed by atoms with Gasteiger partial charge in [-0.2, -0.15) is 0 Å². The molecule has 0 bridgehead atoms. The second kappa shape index (κ2) is 5.41. The van der Waals surface area contributed by atoms with E-state index in [4.69, 9.17) is 0 Å². The molecule has 1 aromatic carbocycles. The summed E-state index contributed by atoms with van der Waals surface area (Å²) in [5.74, 6) is 0.592. The van der Waals surface area contributed by atoms with E-state index >= 15 is 0 Å². The molecule has 0 radical (unpaired) electrons. The molecular weight excluding hydrogens is 238 g/mol. The number of benzene rings is 1. The monoisotopic (exact) mass is 261 g/mol. The van der Waals surface area contributed by atoms with E-state index in [0.717, 1.165) is 13.1 Å². The van der Waals surface area contributed by atoms with Gasteiger partial charge in [0.25, 0.3) is 0 Å². The minimum Gasteiger partial charge on any atom is -0.312 e. The Hall–Kier alpha value is -0.860. The molecule has 2 aromatic rings. The lowest BCUT2D eigenvalue weighted by molar-refractivity contribution is 0.723. The predicted molar refractivity (Wildman–Crippen MR) is 82.8 cm³/mol. The number of hydrogen-bond acceptors (Lipinski definition) is 2. The van der Waals surface area contributed by atoms with Crippen LogP contribution in [0.15, 0.2) is 12.1 Å². The van der Waals surface area contributed by atoms with Crippen LogP contribution in [0.1, 0.15) is 48.3 Å². The predicted octanol–water partition coefficient (Wildman–Crippen LogP) is 4.75. The van der Waals surface area contributed by atoms with Gasteiger partial charge < -0.3 is 5.32 Å². The van der Waals surface area contributed by atoms with Crippen LogP contribution in [-0.4, -0.2) is 6.54 Å². The molecule has 0 aliphatic rings. The summed E-state index contributed by atoms with van der Waals surface area (Å²) in [7, 11) is 0. The van der Waals surface area contributed by atoms with Crippen LogP contribution in [0, 0.1) is 13.8 Å². The van der Waals surface area contributed by atoms with Crippen LogP contribution in [0.5, 0.6) is 0 Å². The summed E-state index contributed by atoms with van der Waals surface area (Å²) >= 11 is 1.95. The highest BCUT2D eigenvalue weighted by molar-refractivity contribution is 7.19. The van der Waals surface area contributed by atoms with E-state index in [9.17, 15) is 0 Å². The molecule has 0 aliphatic heterocycles. The van der Waals surface area contributed by atoms with E-state index < -0.39 is 0 Å². The third kappa shape index (κ3) is 2.45. The molecule has 0 aliphatic carbocycles. The highest BCUT2D eigenvalue weighted by Crippen LogP contribution is 2.37. The topological polar surface area (TPSA) is 12.0 Å². The van der Waals surface area contributed by atoms with Crippen LogP contribution >= 0.6 is 11.3 Å². The zero-order chi connectivity index (χ0) is 13.3. The molecule has 0 fully saturated rings. The molecular formula is C16H23NS. The van der Waals surface area contributed by atoms with Gasteiger partial charge in [0.05, 0.1) is 0 Å². The maximum Gasteiger partial charge on any atom is 0.0351 e. The first-order valence-corrected chi connectivity index (χ1v) is 7.59. The number of thiophene rings is 1. The van der Waals surface area contributed by atoms with E-state index in [1.54, 1.807) is 5.56 Å². The largest absolute Gasteiger partial charge is 0.312 e. The first-order valence-electron chi connectivity index (χ1n) is 6.77. The van der Waals surface area contributed by atoms with Crippen LogP contribution in [0.4, 0.5) is 0 Å². The van der Waals surface area contributed by atoms with Crippen molar-refractivity contribution in [3.8, 4) is 0 Å². The van der Waals surface area contributed by atoms with Crippen LogP contribution in [0.3, 0.4) is 0 Å². The molecule has 98 valence electrons. The Balaban J connectivity index is 2.60. The van der Waals surface area contributed by atoms with Gasteiger partial charge in [0, 0.05) is 16.1 Å². The van der Waals surface area contributed by atoms with Crippen molar-refractivity contribution >= 4 is 21.4 Å². The zero-order valence-corrected chi connectivity index (χ0v) is 12.9. The highest BCUT2D eigenvalue weighted by Gasteiger charge is 2.15. The Kier molecular flexibility index (Phi) is 4.08. The smallest absolute Gasteiger partial charge is 0.0351 e. The van der Waals surface area contributed by atoms with E-state index in [1.165, 1.54) is 26.1 Å². The molecule has 1 heterocycles. The number of fused-ring (bicyclic) bond motifs is 1. The third-order valence-corrected chi connectivity index (χ3v) is 4.70. The lowest BCUT2D eigenvalue weighted by Crippen LogP contribution is -2.12. The van der Waals surface area contributed by atoms with Gasteiger partial charge in [-0.3, -0.25) is 0 Å². The minimum atomic E-state index is 0.592. The van der Waals surface area contributed by atoms with Gasteiger partial charge in [-0.15, -0.1) is 11.3 Å². The Morgan fingerprint density at radius 1 is 1.17 bits per heavy atom. The minimum absolute atomic E-state index is 0.592. The van der Waals surface area contributed by atoms with Gasteiger partial charge in [0.15, 0.2) is 0 Å². The summed E-state index contributed by atoms with van der Waals surface area (Å²) in [6.07, 6.45) is 0. The van der Waals surface area contributed by atoms with Crippen molar-refractivity contribution in [1.29, 1.82) is 0 Å². The number of aryl methyl sites for hydroxylation is 2. The van der Waals surface area contributed by atoms with E-state index in [0.29, 0.717) is 5.92 Å². The quantitative estimate of drug-likeness (QED) is 0.837. The molecule has 2 rings (SSSR count). The van der Waals surface area contributed by atoms with E-state index in [-0.39, 0.29) is 0 Å². The number of nitrogens with one attached hydrogen (secondary N) is 1. The van der Waals surface area contributed by atoms with E-state index in [1.807, 2.05) is 11.3 Å². The summed E-state index contributed by atoms with van der Waals surface area (Å²) in [5, 5.41) is 4.92. The second-order valence-electron chi connectivity index (χ2n) is 5.31. The van der Waals surface area contributed by atoms with Gasteiger partial charge in [-0.05, 0) is 54.5 Å². The fraction of sp³-hybridized carbons (Fsp3) is 0.500. The average Bonchev–Trinajstić information content (AvgIpc) is 2.64. The Bertz CT molecular complexity index is 552. The van der Waals surface area contributed by atoms with Gasteiger partial charge in [0.1, 0.15) is 0 Å². The molecule has 0 saturated heterocycles. The Labute approximate surface area is 114 Å². The van der Waals surface area contributed by atoms with Gasteiger partial charge in [0.2, 0.25) is 0 Å². The lowest BCUT2D eigenvalue weighted by Gasteiger charge is -2.09. The van der Waals surface area contributed by atoms with Crippen molar-refractivity contribution in [2.75, 3.05) is 6.54 Å². The molecule has 18 heavy (non-hydrogen) atoms. The van der Waals surface area contributed by atoms with Crippen molar-refractivity contribution < 1.29 is 0 Å². The maximum absolute atomic E-state index is 3.46.